The van der Waals surface area contributed by atoms with Crippen molar-refractivity contribution in [3.8, 4) is 11.1 Å². The third kappa shape index (κ3) is 2.41. The van der Waals surface area contributed by atoms with Crippen LogP contribution in [0.25, 0.3) is 11.1 Å². The third-order valence-electron chi connectivity index (χ3n) is 3.38. The maximum absolute atomic E-state index is 4.19. The zero-order valence-corrected chi connectivity index (χ0v) is 11.4. The number of pyridine rings is 1. The molecule has 0 atom stereocenters. The summed E-state index contributed by atoms with van der Waals surface area (Å²) in [6.07, 6.45) is 3.67. The van der Waals surface area contributed by atoms with E-state index < -0.39 is 0 Å². The average Bonchev–Trinajstić information content (AvgIpc) is 2.56. The zero-order valence-electron chi connectivity index (χ0n) is 11.4. The van der Waals surface area contributed by atoms with E-state index >= 15 is 0 Å². The predicted octanol–water partition coefficient (Wildman–Crippen LogP) is 4.52. The second-order valence-corrected chi connectivity index (χ2v) is 4.65. The molecule has 0 radical (unpaired) electrons. The highest BCUT2D eigenvalue weighted by Gasteiger charge is 2.09. The summed E-state index contributed by atoms with van der Waals surface area (Å²) in [5.74, 6) is 0. The summed E-state index contributed by atoms with van der Waals surface area (Å²) in [4.78, 5) is 6.35. The summed E-state index contributed by atoms with van der Waals surface area (Å²) >= 11 is 0. The fourth-order valence-corrected chi connectivity index (χ4v) is 2.32. The number of hydrogen-bond donors (Lipinski definition) is 0. The molecular weight excluding hydrogens is 244 g/mol. The second-order valence-electron chi connectivity index (χ2n) is 4.65. The van der Waals surface area contributed by atoms with Gasteiger partial charge in [0.15, 0.2) is 0 Å². The molecule has 0 saturated carbocycles. The molecule has 1 heterocycles. The lowest BCUT2D eigenvalue weighted by molar-refractivity contribution is 1.18. The van der Waals surface area contributed by atoms with E-state index in [-0.39, 0.29) is 0 Å². The summed E-state index contributed by atoms with van der Waals surface area (Å²) < 4.78 is 0. The van der Waals surface area contributed by atoms with Crippen molar-refractivity contribution in [3.63, 3.8) is 0 Å². The standard InChI is InChI=1S/C18H16N2/c1-20(16-10-7-13-19-14-16)18-12-6-5-11-17(18)15-8-3-2-4-9-15/h2-14H,1H3. The van der Waals surface area contributed by atoms with Gasteiger partial charge in [0.05, 0.1) is 11.9 Å². The van der Waals surface area contributed by atoms with Gasteiger partial charge in [-0.05, 0) is 23.8 Å². The van der Waals surface area contributed by atoms with Crippen LogP contribution in [0.5, 0.6) is 0 Å². The van der Waals surface area contributed by atoms with Crippen molar-refractivity contribution in [1.82, 2.24) is 4.98 Å². The average molecular weight is 260 g/mol. The number of aromatic nitrogens is 1. The first-order chi connectivity index (χ1) is 9.86. The van der Waals surface area contributed by atoms with Crippen LogP contribution in [0.2, 0.25) is 0 Å². The van der Waals surface area contributed by atoms with Gasteiger partial charge >= 0.3 is 0 Å². The lowest BCUT2D eigenvalue weighted by atomic mass is 10.0. The van der Waals surface area contributed by atoms with Gasteiger partial charge < -0.3 is 4.90 Å². The van der Waals surface area contributed by atoms with Crippen molar-refractivity contribution in [1.29, 1.82) is 0 Å². The van der Waals surface area contributed by atoms with E-state index in [9.17, 15) is 0 Å². The molecule has 3 aromatic rings. The summed E-state index contributed by atoms with van der Waals surface area (Å²) in [6.45, 7) is 0. The Kier molecular flexibility index (Phi) is 3.46. The maximum Gasteiger partial charge on any atom is 0.0594 e. The molecule has 0 N–H and O–H groups in total. The van der Waals surface area contributed by atoms with E-state index in [1.807, 2.05) is 18.3 Å². The molecule has 0 fully saturated rings. The Balaban J connectivity index is 2.07. The maximum atomic E-state index is 4.19. The van der Waals surface area contributed by atoms with Crippen LogP contribution in [0, 0.1) is 0 Å². The van der Waals surface area contributed by atoms with Crippen LogP contribution in [-0.4, -0.2) is 12.0 Å². The first kappa shape index (κ1) is 12.4. The van der Waals surface area contributed by atoms with Crippen LogP contribution in [0.4, 0.5) is 11.4 Å². The molecule has 2 nitrogen and oxygen atoms in total. The summed E-state index contributed by atoms with van der Waals surface area (Å²) in [7, 11) is 2.07. The Morgan fingerprint density at radius 2 is 1.55 bits per heavy atom. The molecule has 0 saturated heterocycles. The van der Waals surface area contributed by atoms with Crippen molar-refractivity contribution in [2.45, 2.75) is 0 Å². The van der Waals surface area contributed by atoms with Gasteiger partial charge in [-0.2, -0.15) is 0 Å². The highest BCUT2D eigenvalue weighted by molar-refractivity contribution is 5.81. The summed E-state index contributed by atoms with van der Waals surface area (Å²) in [6, 6.07) is 22.9. The van der Waals surface area contributed by atoms with Gasteiger partial charge in [-0.15, -0.1) is 0 Å². The fraction of sp³-hybridized carbons (Fsp3) is 0.0556. The van der Waals surface area contributed by atoms with Crippen molar-refractivity contribution < 1.29 is 0 Å². The van der Waals surface area contributed by atoms with Crippen LogP contribution in [0.3, 0.4) is 0 Å². The number of hydrogen-bond acceptors (Lipinski definition) is 2. The molecule has 0 aliphatic heterocycles. The Morgan fingerprint density at radius 1 is 0.800 bits per heavy atom. The predicted molar refractivity (Wildman–Crippen MR) is 84.2 cm³/mol. The van der Waals surface area contributed by atoms with E-state index in [4.69, 9.17) is 0 Å². The fourth-order valence-electron chi connectivity index (χ4n) is 2.32. The third-order valence-corrected chi connectivity index (χ3v) is 3.38. The smallest absolute Gasteiger partial charge is 0.0594 e. The first-order valence-electron chi connectivity index (χ1n) is 6.64. The normalized spacial score (nSPS) is 10.2. The molecule has 0 aliphatic carbocycles. The van der Waals surface area contributed by atoms with Gasteiger partial charge in [0, 0.05) is 24.5 Å². The van der Waals surface area contributed by atoms with Crippen molar-refractivity contribution in [3.05, 3.63) is 79.1 Å². The number of anilines is 2. The summed E-state index contributed by atoms with van der Waals surface area (Å²) in [5.41, 5.74) is 4.70. The first-order valence-corrected chi connectivity index (χ1v) is 6.64. The van der Waals surface area contributed by atoms with E-state index in [1.54, 1.807) is 6.20 Å². The SMILES string of the molecule is CN(c1cccnc1)c1ccccc1-c1ccccc1. The molecule has 0 bridgehead atoms. The van der Waals surface area contributed by atoms with Gasteiger partial charge in [0.2, 0.25) is 0 Å². The summed E-state index contributed by atoms with van der Waals surface area (Å²) in [5, 5.41) is 0. The van der Waals surface area contributed by atoms with Crippen LogP contribution in [0.15, 0.2) is 79.1 Å². The Morgan fingerprint density at radius 3 is 2.30 bits per heavy atom. The van der Waals surface area contributed by atoms with Gasteiger partial charge in [0.25, 0.3) is 0 Å². The van der Waals surface area contributed by atoms with E-state index in [2.05, 4.69) is 71.5 Å². The molecule has 98 valence electrons. The molecule has 3 rings (SSSR count). The highest BCUT2D eigenvalue weighted by atomic mass is 15.1. The number of benzene rings is 2. The molecule has 0 spiro atoms. The topological polar surface area (TPSA) is 16.1 Å². The molecule has 2 heteroatoms. The monoisotopic (exact) mass is 260 g/mol. The highest BCUT2D eigenvalue weighted by Crippen LogP contribution is 2.33. The van der Waals surface area contributed by atoms with Gasteiger partial charge in [-0.1, -0.05) is 48.5 Å². The molecule has 2 aromatic carbocycles. The van der Waals surface area contributed by atoms with Gasteiger partial charge in [-0.3, -0.25) is 4.98 Å². The van der Waals surface area contributed by atoms with Crippen molar-refractivity contribution >= 4 is 11.4 Å². The Bertz CT molecular complexity index is 678. The lowest BCUT2D eigenvalue weighted by Crippen LogP contribution is -2.10. The minimum Gasteiger partial charge on any atom is -0.343 e. The van der Waals surface area contributed by atoms with E-state index in [1.165, 1.54) is 16.8 Å². The Hall–Kier alpha value is -2.61. The van der Waals surface area contributed by atoms with E-state index in [0.717, 1.165) is 5.69 Å². The van der Waals surface area contributed by atoms with Crippen molar-refractivity contribution in [2.75, 3.05) is 11.9 Å². The van der Waals surface area contributed by atoms with Crippen molar-refractivity contribution in [2.24, 2.45) is 0 Å². The number of nitrogens with zero attached hydrogens (tertiary/aromatic N) is 2. The molecule has 1 aromatic heterocycles. The lowest BCUT2D eigenvalue weighted by Gasteiger charge is -2.22. The zero-order chi connectivity index (χ0) is 13.8. The molecular formula is C18H16N2. The minimum atomic E-state index is 1.08. The largest absolute Gasteiger partial charge is 0.343 e. The number of para-hydroxylation sites is 1. The molecule has 0 aliphatic rings. The molecule has 0 unspecified atom stereocenters. The Labute approximate surface area is 119 Å². The van der Waals surface area contributed by atoms with Crippen LogP contribution >= 0.6 is 0 Å². The van der Waals surface area contributed by atoms with E-state index in [0.29, 0.717) is 0 Å². The number of rotatable bonds is 3. The van der Waals surface area contributed by atoms with Gasteiger partial charge in [0.1, 0.15) is 0 Å². The van der Waals surface area contributed by atoms with Gasteiger partial charge in [-0.25, -0.2) is 0 Å². The van der Waals surface area contributed by atoms with Crippen LogP contribution in [0.1, 0.15) is 0 Å². The second kappa shape index (κ2) is 5.57. The van der Waals surface area contributed by atoms with Crippen LogP contribution < -0.4 is 4.90 Å². The molecule has 20 heavy (non-hydrogen) atoms. The quantitative estimate of drug-likeness (QED) is 0.688. The van der Waals surface area contributed by atoms with Crippen LogP contribution in [-0.2, 0) is 0 Å². The molecule has 0 amide bonds. The minimum absolute atomic E-state index is 1.08.